The summed E-state index contributed by atoms with van der Waals surface area (Å²) in [6.45, 7) is 4.92. The van der Waals surface area contributed by atoms with Crippen LogP contribution in [0.4, 0.5) is 0 Å². The molecule has 0 aromatic heterocycles. The van der Waals surface area contributed by atoms with E-state index in [1.54, 1.807) is 0 Å². The minimum atomic E-state index is -1.21. The first-order chi connectivity index (χ1) is 4.04. The van der Waals surface area contributed by atoms with E-state index in [-0.39, 0.29) is 6.42 Å². The van der Waals surface area contributed by atoms with Crippen LogP contribution in [0.2, 0.25) is 0 Å². The van der Waals surface area contributed by atoms with Crippen molar-refractivity contribution < 1.29 is 14.7 Å². The number of hydrogen-bond acceptors (Lipinski definition) is 2. The molecule has 0 aromatic rings. The molecule has 4 heteroatoms. The van der Waals surface area contributed by atoms with Gasteiger partial charge in [0.05, 0.1) is 5.92 Å². The van der Waals surface area contributed by atoms with Gasteiger partial charge in [-0.3, -0.25) is 9.59 Å². The lowest BCUT2D eigenvalue weighted by Crippen LogP contribution is -2.20. The largest absolute Gasteiger partial charge is 0.481 e. The Kier molecular flexibility index (Phi) is 2.70. The molecular formula is C5H7NO3. The van der Waals surface area contributed by atoms with Gasteiger partial charge in [-0.15, -0.1) is 0 Å². The van der Waals surface area contributed by atoms with Crippen LogP contribution in [0.1, 0.15) is 6.42 Å². The Labute approximate surface area is 52.7 Å². The Bertz CT molecular complexity index is 132. The quantitative estimate of drug-likeness (QED) is 0.527. The molecule has 50 valence electrons. The highest BCUT2D eigenvalue weighted by molar-refractivity contribution is 5.81. The minimum absolute atomic E-state index is 0.310. The molecule has 3 N–H and O–H groups in total. The van der Waals surface area contributed by atoms with Gasteiger partial charge < -0.3 is 10.8 Å². The fourth-order valence-corrected chi connectivity index (χ4v) is 0.304. The van der Waals surface area contributed by atoms with Crippen molar-refractivity contribution in [3.63, 3.8) is 0 Å². The number of carboxylic acid groups (broad SMARTS) is 1. The summed E-state index contributed by atoms with van der Waals surface area (Å²) >= 11 is 0. The Balaban J connectivity index is 3.63. The maximum absolute atomic E-state index is 9.99. The standard InChI is InChI=1S/C5H7NO3/c1-3(5(8)9)2-4(6)7/h1,3H,2H2,(H2,6,7)(H,8,9). The van der Waals surface area contributed by atoms with Gasteiger partial charge in [0.15, 0.2) is 0 Å². The van der Waals surface area contributed by atoms with E-state index in [1.165, 1.54) is 0 Å². The predicted molar refractivity (Wildman–Crippen MR) is 29.2 cm³/mol. The van der Waals surface area contributed by atoms with Gasteiger partial charge in [0, 0.05) is 6.42 Å². The number of amides is 1. The number of nitrogens with two attached hydrogens (primary N) is 1. The van der Waals surface area contributed by atoms with E-state index >= 15 is 0 Å². The fourth-order valence-electron chi connectivity index (χ4n) is 0.304. The number of carbonyl (C=O) groups is 2. The SMILES string of the molecule is [CH]C(CC(N)=O)C(=O)O. The zero-order valence-corrected chi connectivity index (χ0v) is 4.70. The molecule has 1 unspecified atom stereocenters. The highest BCUT2D eigenvalue weighted by atomic mass is 16.4. The summed E-state index contributed by atoms with van der Waals surface area (Å²) in [5, 5.41) is 8.10. The van der Waals surface area contributed by atoms with Crippen LogP contribution in [0, 0.1) is 12.8 Å². The van der Waals surface area contributed by atoms with Gasteiger partial charge in [-0.05, 0) is 6.92 Å². The Hall–Kier alpha value is -1.06. The summed E-state index contributed by atoms with van der Waals surface area (Å²) in [5.41, 5.74) is 4.65. The number of carbonyl (C=O) groups excluding carboxylic acids is 1. The molecule has 0 fully saturated rings. The van der Waals surface area contributed by atoms with Gasteiger partial charge in [-0.2, -0.15) is 0 Å². The summed E-state index contributed by atoms with van der Waals surface area (Å²) in [4.78, 5) is 19.9. The topological polar surface area (TPSA) is 80.4 Å². The first-order valence-corrected chi connectivity index (χ1v) is 2.30. The lowest BCUT2D eigenvalue weighted by Gasteiger charge is -1.98. The third-order valence-corrected chi connectivity index (χ3v) is 0.738. The van der Waals surface area contributed by atoms with E-state index in [4.69, 9.17) is 12.0 Å². The molecule has 2 radical (unpaired) electrons. The second kappa shape index (κ2) is 3.06. The van der Waals surface area contributed by atoms with Crippen molar-refractivity contribution in [3.05, 3.63) is 6.92 Å². The molecule has 0 aliphatic heterocycles. The zero-order valence-electron chi connectivity index (χ0n) is 4.70. The average Bonchev–Trinajstić information content (AvgIpc) is 1.63. The fraction of sp³-hybridized carbons (Fsp3) is 0.400. The third kappa shape index (κ3) is 3.52. The predicted octanol–water partition coefficient (Wildman–Crippen LogP) is -0.726. The molecule has 0 spiro atoms. The van der Waals surface area contributed by atoms with Crippen LogP contribution in [0.15, 0.2) is 0 Å². The van der Waals surface area contributed by atoms with E-state index in [9.17, 15) is 9.59 Å². The maximum atomic E-state index is 9.99. The van der Waals surface area contributed by atoms with Gasteiger partial charge in [0.1, 0.15) is 0 Å². The van der Waals surface area contributed by atoms with Crippen molar-refractivity contribution in [1.29, 1.82) is 0 Å². The average molecular weight is 129 g/mol. The smallest absolute Gasteiger partial charge is 0.307 e. The highest BCUT2D eigenvalue weighted by Crippen LogP contribution is 1.98. The second-order valence-electron chi connectivity index (χ2n) is 1.62. The van der Waals surface area contributed by atoms with Gasteiger partial charge >= 0.3 is 5.97 Å². The molecule has 0 saturated carbocycles. The molecule has 0 rings (SSSR count). The van der Waals surface area contributed by atoms with Gasteiger partial charge in [-0.25, -0.2) is 0 Å². The van der Waals surface area contributed by atoms with Crippen molar-refractivity contribution in [2.24, 2.45) is 11.7 Å². The number of aliphatic carboxylic acids is 1. The minimum Gasteiger partial charge on any atom is -0.481 e. The normalized spacial score (nSPS) is 12.6. The molecule has 0 heterocycles. The summed E-state index contributed by atoms with van der Waals surface area (Å²) in [5.74, 6) is -3.08. The van der Waals surface area contributed by atoms with Crippen molar-refractivity contribution in [2.45, 2.75) is 6.42 Å². The molecule has 0 bridgehead atoms. The van der Waals surface area contributed by atoms with Gasteiger partial charge in [-0.1, -0.05) is 0 Å². The van der Waals surface area contributed by atoms with E-state index in [2.05, 4.69) is 5.73 Å². The number of rotatable bonds is 3. The summed E-state index contributed by atoms with van der Waals surface area (Å²) in [7, 11) is 0. The van der Waals surface area contributed by atoms with Crippen molar-refractivity contribution in [1.82, 2.24) is 0 Å². The Morgan fingerprint density at radius 2 is 2.11 bits per heavy atom. The van der Waals surface area contributed by atoms with Crippen molar-refractivity contribution in [3.8, 4) is 0 Å². The van der Waals surface area contributed by atoms with E-state index in [0.717, 1.165) is 0 Å². The Morgan fingerprint density at radius 1 is 1.67 bits per heavy atom. The van der Waals surface area contributed by atoms with Gasteiger partial charge in [0.25, 0.3) is 0 Å². The number of primary amides is 1. The first kappa shape index (κ1) is 7.94. The van der Waals surface area contributed by atoms with E-state index in [1.807, 2.05) is 0 Å². The van der Waals surface area contributed by atoms with Crippen LogP contribution in [-0.4, -0.2) is 17.0 Å². The molecule has 0 aliphatic carbocycles. The van der Waals surface area contributed by atoms with Crippen LogP contribution in [0.3, 0.4) is 0 Å². The molecule has 9 heavy (non-hydrogen) atoms. The Morgan fingerprint density at radius 3 is 2.22 bits per heavy atom. The molecule has 0 saturated heterocycles. The lowest BCUT2D eigenvalue weighted by atomic mass is 10.1. The van der Waals surface area contributed by atoms with Crippen LogP contribution in [0.25, 0.3) is 0 Å². The van der Waals surface area contributed by atoms with Crippen LogP contribution in [-0.2, 0) is 9.59 Å². The van der Waals surface area contributed by atoms with Crippen LogP contribution in [0.5, 0.6) is 0 Å². The summed E-state index contributed by atoms with van der Waals surface area (Å²) in [6.07, 6.45) is -0.310. The third-order valence-electron chi connectivity index (χ3n) is 0.738. The maximum Gasteiger partial charge on any atom is 0.307 e. The molecule has 1 atom stereocenters. The van der Waals surface area contributed by atoms with Crippen molar-refractivity contribution in [2.75, 3.05) is 0 Å². The molecule has 4 nitrogen and oxygen atoms in total. The van der Waals surface area contributed by atoms with E-state index in [0.29, 0.717) is 0 Å². The molecule has 0 aliphatic rings. The van der Waals surface area contributed by atoms with Crippen LogP contribution >= 0.6 is 0 Å². The van der Waals surface area contributed by atoms with Crippen molar-refractivity contribution >= 4 is 11.9 Å². The van der Waals surface area contributed by atoms with Crippen LogP contribution < -0.4 is 5.73 Å². The number of hydrogen-bond donors (Lipinski definition) is 2. The second-order valence-corrected chi connectivity index (χ2v) is 1.62. The monoisotopic (exact) mass is 129 g/mol. The summed E-state index contributed by atoms with van der Waals surface area (Å²) in [6, 6.07) is 0. The van der Waals surface area contributed by atoms with E-state index < -0.39 is 17.8 Å². The molecule has 0 aromatic carbocycles. The number of carboxylic acids is 1. The highest BCUT2D eigenvalue weighted by Gasteiger charge is 2.12. The summed E-state index contributed by atoms with van der Waals surface area (Å²) < 4.78 is 0. The van der Waals surface area contributed by atoms with Gasteiger partial charge in [0.2, 0.25) is 5.91 Å². The molecule has 1 amide bonds. The molecular weight excluding hydrogens is 122 g/mol. The lowest BCUT2D eigenvalue weighted by molar-refractivity contribution is -0.142. The zero-order chi connectivity index (χ0) is 7.44. The first-order valence-electron chi connectivity index (χ1n) is 2.30.